The first kappa shape index (κ1) is 17.1. The molecular weight excluding hydrogens is 328 g/mol. The van der Waals surface area contributed by atoms with Crippen LogP contribution in [0.15, 0.2) is 18.3 Å². The van der Waals surface area contributed by atoms with Gasteiger partial charge in [-0.15, -0.1) is 0 Å². The zero-order chi connectivity index (χ0) is 16.9. The zero-order valence-electron chi connectivity index (χ0n) is 13.8. The smallest absolute Gasteiger partial charge is 0.328 e. The molecule has 2 unspecified atom stereocenters. The Morgan fingerprint density at radius 2 is 2.17 bits per heavy atom. The molecule has 3 heterocycles. The van der Waals surface area contributed by atoms with Gasteiger partial charge in [0.05, 0.1) is 12.7 Å². The van der Waals surface area contributed by atoms with Gasteiger partial charge >= 0.3 is 5.97 Å². The summed E-state index contributed by atoms with van der Waals surface area (Å²) in [5.74, 6) is 2.11. The van der Waals surface area contributed by atoms with Crippen LogP contribution in [0.4, 0.5) is 0 Å². The number of hydrogen-bond acceptors (Lipinski definition) is 6. The Morgan fingerprint density at radius 3 is 2.83 bits per heavy atom. The number of nitrogens with zero attached hydrogens (tertiary/aromatic N) is 2. The van der Waals surface area contributed by atoms with Crippen molar-refractivity contribution >= 4 is 23.6 Å². The van der Waals surface area contributed by atoms with Gasteiger partial charge in [-0.25, -0.2) is 9.78 Å². The van der Waals surface area contributed by atoms with Crippen molar-refractivity contribution in [3.63, 3.8) is 0 Å². The van der Waals surface area contributed by atoms with Crippen molar-refractivity contribution in [2.24, 2.45) is 0 Å². The second-order valence-electron chi connectivity index (χ2n) is 6.02. The van der Waals surface area contributed by atoms with Crippen molar-refractivity contribution < 1.29 is 19.1 Å². The average molecular weight is 350 g/mol. The number of ether oxygens (including phenoxy) is 2. The van der Waals surface area contributed by atoms with E-state index in [1.165, 1.54) is 13.3 Å². The largest absolute Gasteiger partial charge is 0.473 e. The van der Waals surface area contributed by atoms with Crippen molar-refractivity contribution in [1.82, 2.24) is 9.88 Å². The molecule has 0 spiro atoms. The molecule has 0 bridgehead atoms. The highest BCUT2D eigenvalue weighted by Crippen LogP contribution is 2.23. The minimum atomic E-state index is -0.498. The number of rotatable bonds is 4. The van der Waals surface area contributed by atoms with Gasteiger partial charge in [0.1, 0.15) is 12.1 Å². The van der Waals surface area contributed by atoms with Gasteiger partial charge in [-0.05, 0) is 37.5 Å². The lowest BCUT2D eigenvalue weighted by molar-refractivity contribution is -0.147. The van der Waals surface area contributed by atoms with E-state index in [2.05, 4.69) is 4.98 Å². The monoisotopic (exact) mass is 350 g/mol. The maximum atomic E-state index is 12.7. The van der Waals surface area contributed by atoms with E-state index in [1.54, 1.807) is 17.0 Å². The standard InChI is InChI=1S/C17H22N2O4S/c1-22-17(21)14-4-2-3-8-19(14)16(20)12-5-6-15(18-10-12)23-13-7-9-24-11-13/h5-6,10,13-14H,2-4,7-9,11H2,1H3. The third kappa shape index (κ3) is 3.83. The molecule has 1 aromatic heterocycles. The summed E-state index contributed by atoms with van der Waals surface area (Å²) in [7, 11) is 1.36. The molecule has 1 aromatic rings. The molecule has 6 nitrogen and oxygen atoms in total. The van der Waals surface area contributed by atoms with Crippen molar-refractivity contribution in [1.29, 1.82) is 0 Å². The van der Waals surface area contributed by atoms with Gasteiger partial charge in [0.2, 0.25) is 5.88 Å². The molecule has 7 heteroatoms. The van der Waals surface area contributed by atoms with Crippen molar-refractivity contribution in [3.05, 3.63) is 23.9 Å². The SMILES string of the molecule is COC(=O)C1CCCCN1C(=O)c1ccc(OC2CCSC2)nc1. The molecule has 2 aliphatic heterocycles. The minimum Gasteiger partial charge on any atom is -0.473 e. The number of piperidine rings is 1. The Labute approximate surface area is 145 Å². The number of thioether (sulfide) groups is 1. The van der Waals surface area contributed by atoms with E-state index in [0.717, 1.165) is 30.8 Å². The van der Waals surface area contributed by atoms with Gasteiger partial charge in [0.15, 0.2) is 0 Å². The molecule has 1 amide bonds. The van der Waals surface area contributed by atoms with E-state index < -0.39 is 6.04 Å². The van der Waals surface area contributed by atoms with Gasteiger partial charge in [-0.3, -0.25) is 4.79 Å². The molecule has 0 saturated carbocycles. The highest BCUT2D eigenvalue weighted by Gasteiger charge is 2.33. The maximum absolute atomic E-state index is 12.7. The Bertz CT molecular complexity index is 587. The number of pyridine rings is 1. The minimum absolute atomic E-state index is 0.180. The predicted octanol–water partition coefficient (Wildman–Crippen LogP) is 2.13. The Balaban J connectivity index is 1.68. The lowest BCUT2D eigenvalue weighted by Gasteiger charge is -2.33. The van der Waals surface area contributed by atoms with Crippen LogP contribution in [0.25, 0.3) is 0 Å². The predicted molar refractivity (Wildman–Crippen MR) is 91.3 cm³/mol. The molecule has 0 N–H and O–H groups in total. The van der Waals surface area contributed by atoms with Crippen molar-refractivity contribution in [3.8, 4) is 5.88 Å². The van der Waals surface area contributed by atoms with Crippen LogP contribution in [0.5, 0.6) is 5.88 Å². The first-order valence-electron chi connectivity index (χ1n) is 8.28. The summed E-state index contributed by atoms with van der Waals surface area (Å²) in [5, 5.41) is 0. The number of esters is 1. The fourth-order valence-corrected chi connectivity index (χ4v) is 4.17. The second-order valence-corrected chi connectivity index (χ2v) is 7.17. The zero-order valence-corrected chi connectivity index (χ0v) is 14.6. The van der Waals surface area contributed by atoms with Gasteiger partial charge in [0, 0.05) is 24.6 Å². The number of methoxy groups -OCH3 is 1. The summed E-state index contributed by atoms with van der Waals surface area (Å²) >= 11 is 1.88. The van der Waals surface area contributed by atoms with E-state index >= 15 is 0 Å². The molecule has 0 radical (unpaired) electrons. The van der Waals surface area contributed by atoms with Crippen LogP contribution >= 0.6 is 11.8 Å². The lowest BCUT2D eigenvalue weighted by Crippen LogP contribution is -2.48. The third-order valence-electron chi connectivity index (χ3n) is 4.40. The summed E-state index contributed by atoms with van der Waals surface area (Å²) in [4.78, 5) is 30.5. The molecule has 130 valence electrons. The first-order valence-corrected chi connectivity index (χ1v) is 9.44. The van der Waals surface area contributed by atoms with E-state index in [-0.39, 0.29) is 18.0 Å². The van der Waals surface area contributed by atoms with Crippen molar-refractivity contribution in [2.45, 2.75) is 37.8 Å². The van der Waals surface area contributed by atoms with Crippen LogP contribution < -0.4 is 4.74 Å². The maximum Gasteiger partial charge on any atom is 0.328 e. The van der Waals surface area contributed by atoms with Crippen LogP contribution in [-0.2, 0) is 9.53 Å². The van der Waals surface area contributed by atoms with E-state index in [0.29, 0.717) is 24.4 Å². The summed E-state index contributed by atoms with van der Waals surface area (Å²) in [6.45, 7) is 0.566. The highest BCUT2D eigenvalue weighted by atomic mass is 32.2. The van der Waals surface area contributed by atoms with Crippen LogP contribution in [0.3, 0.4) is 0 Å². The second kappa shape index (κ2) is 7.88. The number of carbonyl (C=O) groups is 2. The molecule has 2 fully saturated rings. The van der Waals surface area contributed by atoms with E-state index in [1.807, 2.05) is 11.8 Å². The highest BCUT2D eigenvalue weighted by molar-refractivity contribution is 7.99. The summed E-state index contributed by atoms with van der Waals surface area (Å²) in [5.41, 5.74) is 0.471. The van der Waals surface area contributed by atoms with E-state index in [4.69, 9.17) is 9.47 Å². The number of likely N-dealkylation sites (tertiary alicyclic amines) is 1. The topological polar surface area (TPSA) is 68.7 Å². The van der Waals surface area contributed by atoms with Crippen molar-refractivity contribution in [2.75, 3.05) is 25.2 Å². The normalized spacial score (nSPS) is 23.8. The number of carbonyl (C=O) groups excluding carboxylic acids is 2. The third-order valence-corrected chi connectivity index (χ3v) is 5.53. The fourth-order valence-electron chi connectivity index (χ4n) is 3.07. The van der Waals surface area contributed by atoms with E-state index in [9.17, 15) is 9.59 Å². The lowest BCUT2D eigenvalue weighted by atomic mass is 10.0. The molecule has 2 atom stereocenters. The summed E-state index contributed by atoms with van der Waals surface area (Å²) in [6, 6.07) is 2.95. The van der Waals surface area contributed by atoms with Crippen LogP contribution in [0.1, 0.15) is 36.0 Å². The van der Waals surface area contributed by atoms with Gasteiger partial charge in [-0.2, -0.15) is 11.8 Å². The molecule has 24 heavy (non-hydrogen) atoms. The number of amides is 1. The van der Waals surface area contributed by atoms with Crippen LogP contribution in [0.2, 0.25) is 0 Å². The summed E-state index contributed by atoms with van der Waals surface area (Å²) < 4.78 is 10.6. The Kier molecular flexibility index (Phi) is 5.60. The number of aromatic nitrogens is 1. The van der Waals surface area contributed by atoms with Crippen LogP contribution in [-0.4, -0.2) is 59.1 Å². The van der Waals surface area contributed by atoms with Gasteiger partial charge in [-0.1, -0.05) is 0 Å². The van der Waals surface area contributed by atoms with Crippen LogP contribution in [0, 0.1) is 0 Å². The molecule has 2 saturated heterocycles. The van der Waals surface area contributed by atoms with Gasteiger partial charge < -0.3 is 14.4 Å². The molecular formula is C17H22N2O4S. The molecule has 0 aromatic carbocycles. The quantitative estimate of drug-likeness (QED) is 0.775. The average Bonchev–Trinajstić information content (AvgIpc) is 3.14. The van der Waals surface area contributed by atoms with Gasteiger partial charge in [0.25, 0.3) is 5.91 Å². The Morgan fingerprint density at radius 1 is 1.29 bits per heavy atom. The molecule has 0 aliphatic carbocycles. The fraction of sp³-hybridized carbons (Fsp3) is 0.588. The first-order chi connectivity index (χ1) is 11.7. The molecule has 3 rings (SSSR count). The Hall–Kier alpha value is -1.76. The summed E-state index contributed by atoms with van der Waals surface area (Å²) in [6.07, 6.45) is 5.23. The number of hydrogen-bond donors (Lipinski definition) is 0. The molecule has 2 aliphatic rings.